The zero-order valence-electron chi connectivity index (χ0n) is 12.7. The van der Waals surface area contributed by atoms with E-state index in [2.05, 4.69) is 4.98 Å². The quantitative estimate of drug-likeness (QED) is 0.524. The van der Waals surface area contributed by atoms with Crippen molar-refractivity contribution in [2.75, 3.05) is 0 Å². The zero-order valence-corrected chi connectivity index (χ0v) is 13.5. The van der Waals surface area contributed by atoms with Gasteiger partial charge in [-0.15, -0.1) is 11.3 Å². The topological polar surface area (TPSA) is 90.9 Å². The summed E-state index contributed by atoms with van der Waals surface area (Å²) in [7, 11) is 0. The third-order valence-electron chi connectivity index (χ3n) is 3.54. The summed E-state index contributed by atoms with van der Waals surface area (Å²) in [4.78, 5) is 40.8. The van der Waals surface area contributed by atoms with Crippen LogP contribution in [-0.4, -0.2) is 15.4 Å². The van der Waals surface area contributed by atoms with Gasteiger partial charge in [-0.25, -0.2) is 9.78 Å². The number of carbonyl (C=O) groups excluding carboxylic acids is 1. The summed E-state index contributed by atoms with van der Waals surface area (Å²) in [5, 5.41) is 2.13. The first-order chi connectivity index (χ1) is 12.1. The average molecular weight is 354 g/mol. The number of thiazole rings is 1. The zero-order chi connectivity index (χ0) is 17.4. The minimum absolute atomic E-state index is 0.195. The first-order valence-electron chi connectivity index (χ1n) is 7.27. The maximum atomic E-state index is 12.1. The van der Waals surface area contributed by atoms with Gasteiger partial charge in [-0.2, -0.15) is 0 Å². The molecule has 0 amide bonds. The van der Waals surface area contributed by atoms with E-state index in [0.717, 1.165) is 6.07 Å². The van der Waals surface area contributed by atoms with Gasteiger partial charge < -0.3 is 9.15 Å². The minimum atomic E-state index is -0.795. The molecule has 0 saturated carbocycles. The van der Waals surface area contributed by atoms with Crippen LogP contribution in [0.25, 0.3) is 15.9 Å². The first kappa shape index (κ1) is 15.3. The molecule has 0 aliphatic carbocycles. The van der Waals surface area contributed by atoms with Crippen LogP contribution in [0.3, 0.4) is 0 Å². The summed E-state index contributed by atoms with van der Waals surface area (Å²) in [5.74, 6) is -0.992. The predicted molar refractivity (Wildman–Crippen MR) is 90.9 cm³/mol. The Kier molecular flexibility index (Phi) is 3.66. The summed E-state index contributed by atoms with van der Waals surface area (Å²) in [5.41, 5.74) is 0.0435. The molecule has 0 unspecified atom stereocenters. The molecule has 4 aromatic rings. The van der Waals surface area contributed by atoms with Crippen molar-refractivity contribution >= 4 is 33.2 Å². The second-order valence-corrected chi connectivity index (χ2v) is 6.06. The molecular weight excluding hydrogens is 344 g/mol. The highest BCUT2D eigenvalue weighted by molar-refractivity contribution is 7.15. The lowest BCUT2D eigenvalue weighted by Gasteiger charge is -2.05. The summed E-state index contributed by atoms with van der Waals surface area (Å²) < 4.78 is 11.9. The fourth-order valence-electron chi connectivity index (χ4n) is 2.38. The molecule has 1 aromatic carbocycles. The summed E-state index contributed by atoms with van der Waals surface area (Å²) in [6, 6.07) is 9.01. The fraction of sp³-hybridized carbons (Fsp3) is 0.0588. The second-order valence-electron chi connectivity index (χ2n) is 5.19. The number of esters is 1. The van der Waals surface area contributed by atoms with Gasteiger partial charge in [0.25, 0.3) is 5.56 Å². The molecule has 124 valence electrons. The van der Waals surface area contributed by atoms with E-state index in [9.17, 15) is 14.4 Å². The molecule has 0 bridgehead atoms. The van der Waals surface area contributed by atoms with Gasteiger partial charge in [0.2, 0.25) is 5.76 Å². The molecule has 0 aliphatic rings. The molecular formula is C17H10N2O5S. The van der Waals surface area contributed by atoms with E-state index in [1.165, 1.54) is 21.8 Å². The van der Waals surface area contributed by atoms with Crippen LogP contribution < -0.4 is 11.0 Å². The Bertz CT molecular complexity index is 1220. The lowest BCUT2D eigenvalue weighted by molar-refractivity contribution is 0.0432. The fourth-order valence-corrected chi connectivity index (χ4v) is 3.12. The van der Waals surface area contributed by atoms with Crippen molar-refractivity contribution in [2.45, 2.75) is 6.61 Å². The Morgan fingerprint density at radius 3 is 2.96 bits per heavy atom. The maximum Gasteiger partial charge on any atom is 0.374 e. The molecule has 3 aromatic heterocycles. The number of para-hydroxylation sites is 1. The predicted octanol–water partition coefficient (Wildman–Crippen LogP) is 2.22. The van der Waals surface area contributed by atoms with E-state index in [0.29, 0.717) is 21.6 Å². The van der Waals surface area contributed by atoms with Crippen LogP contribution in [0.5, 0.6) is 0 Å². The summed E-state index contributed by atoms with van der Waals surface area (Å²) in [6.07, 6.45) is 1.62. The Hall–Kier alpha value is -3.26. The molecule has 0 radical (unpaired) electrons. The van der Waals surface area contributed by atoms with Crippen molar-refractivity contribution in [3.63, 3.8) is 0 Å². The van der Waals surface area contributed by atoms with E-state index < -0.39 is 5.97 Å². The molecule has 0 spiro atoms. The molecule has 0 aliphatic heterocycles. The highest BCUT2D eigenvalue weighted by Gasteiger charge is 2.14. The van der Waals surface area contributed by atoms with Crippen LogP contribution in [0.1, 0.15) is 16.2 Å². The SMILES string of the molecule is O=C(OCc1cc(=O)n2ccsc2n1)c1cc(=O)c2ccccc2o1. The molecule has 0 atom stereocenters. The van der Waals surface area contributed by atoms with Gasteiger partial charge >= 0.3 is 5.97 Å². The number of rotatable bonds is 3. The molecule has 0 saturated heterocycles. The molecule has 3 heterocycles. The number of carbonyl (C=O) groups is 1. The Balaban J connectivity index is 1.59. The Morgan fingerprint density at radius 2 is 2.08 bits per heavy atom. The lowest BCUT2D eigenvalue weighted by atomic mass is 10.2. The van der Waals surface area contributed by atoms with Crippen molar-refractivity contribution in [3.05, 3.63) is 80.0 Å². The highest BCUT2D eigenvalue weighted by atomic mass is 32.1. The van der Waals surface area contributed by atoms with E-state index in [1.54, 1.807) is 35.8 Å². The molecule has 7 nitrogen and oxygen atoms in total. The van der Waals surface area contributed by atoms with Gasteiger partial charge in [0, 0.05) is 23.7 Å². The van der Waals surface area contributed by atoms with Gasteiger partial charge in [0.15, 0.2) is 10.4 Å². The standard InChI is InChI=1S/C17H10N2O5S/c20-12-8-14(24-13-4-2-1-3-11(12)13)16(22)23-9-10-7-15(21)19-5-6-25-17(19)18-10/h1-8H,9H2. The summed E-state index contributed by atoms with van der Waals surface area (Å²) >= 11 is 1.30. The largest absolute Gasteiger partial charge is 0.453 e. The molecule has 25 heavy (non-hydrogen) atoms. The Labute approximate surface area is 143 Å². The summed E-state index contributed by atoms with van der Waals surface area (Å²) in [6.45, 7) is -0.195. The van der Waals surface area contributed by atoms with Gasteiger partial charge in [-0.1, -0.05) is 12.1 Å². The van der Waals surface area contributed by atoms with Crippen LogP contribution in [0.15, 0.2) is 62.0 Å². The molecule has 8 heteroatoms. The van der Waals surface area contributed by atoms with E-state index in [1.807, 2.05) is 0 Å². The molecule has 4 rings (SSSR count). The number of hydrogen-bond donors (Lipinski definition) is 0. The molecule has 0 fully saturated rings. The monoisotopic (exact) mass is 354 g/mol. The van der Waals surface area contributed by atoms with Crippen LogP contribution in [0.4, 0.5) is 0 Å². The van der Waals surface area contributed by atoms with E-state index >= 15 is 0 Å². The Morgan fingerprint density at radius 1 is 1.24 bits per heavy atom. The second kappa shape index (κ2) is 5.99. The van der Waals surface area contributed by atoms with E-state index in [4.69, 9.17) is 9.15 Å². The van der Waals surface area contributed by atoms with Crippen LogP contribution >= 0.6 is 11.3 Å². The van der Waals surface area contributed by atoms with Gasteiger partial charge in [0.05, 0.1) is 11.1 Å². The number of fused-ring (bicyclic) bond motifs is 2. The average Bonchev–Trinajstić information content (AvgIpc) is 3.09. The van der Waals surface area contributed by atoms with Crippen molar-refractivity contribution in [1.82, 2.24) is 9.38 Å². The van der Waals surface area contributed by atoms with Gasteiger partial charge in [-0.05, 0) is 12.1 Å². The molecule has 0 N–H and O–H groups in total. The van der Waals surface area contributed by atoms with Crippen molar-refractivity contribution in [3.8, 4) is 0 Å². The minimum Gasteiger partial charge on any atom is -0.453 e. The van der Waals surface area contributed by atoms with Crippen molar-refractivity contribution < 1.29 is 13.9 Å². The van der Waals surface area contributed by atoms with Gasteiger partial charge in [0.1, 0.15) is 12.2 Å². The third kappa shape index (κ3) is 2.83. The first-order valence-corrected chi connectivity index (χ1v) is 8.15. The smallest absolute Gasteiger partial charge is 0.374 e. The van der Waals surface area contributed by atoms with Crippen LogP contribution in [-0.2, 0) is 11.3 Å². The lowest BCUT2D eigenvalue weighted by Crippen LogP contribution is -2.15. The normalized spacial score (nSPS) is 11.0. The number of benzene rings is 1. The third-order valence-corrected chi connectivity index (χ3v) is 4.30. The van der Waals surface area contributed by atoms with Crippen LogP contribution in [0.2, 0.25) is 0 Å². The number of ether oxygens (including phenoxy) is 1. The van der Waals surface area contributed by atoms with Crippen LogP contribution in [0, 0.1) is 0 Å². The van der Waals surface area contributed by atoms with Gasteiger partial charge in [-0.3, -0.25) is 14.0 Å². The number of nitrogens with zero attached hydrogens (tertiary/aromatic N) is 2. The maximum absolute atomic E-state index is 12.1. The number of hydrogen-bond acceptors (Lipinski definition) is 7. The van der Waals surface area contributed by atoms with E-state index in [-0.39, 0.29) is 23.4 Å². The number of aromatic nitrogens is 2. The van der Waals surface area contributed by atoms with Crippen molar-refractivity contribution in [2.24, 2.45) is 0 Å². The van der Waals surface area contributed by atoms with Crippen molar-refractivity contribution in [1.29, 1.82) is 0 Å². The highest BCUT2D eigenvalue weighted by Crippen LogP contribution is 2.13.